The third-order valence-corrected chi connectivity index (χ3v) is 4.01. The number of methoxy groups -OCH3 is 1. The standard InChI is InChI=1S/C18H22BrNO3/c1-3-23-17-10-13(9-15(19)18(17)22-2)11-20-12-16(21)14-7-5-4-6-8-14/h4-10,16,20-21H,3,11-12H2,1-2H3. The second-order valence-electron chi connectivity index (χ2n) is 5.10. The third-order valence-electron chi connectivity index (χ3n) is 3.42. The number of hydrogen-bond acceptors (Lipinski definition) is 4. The molecule has 0 amide bonds. The molecule has 2 aromatic carbocycles. The Hall–Kier alpha value is -1.56. The highest BCUT2D eigenvalue weighted by molar-refractivity contribution is 9.10. The maximum atomic E-state index is 10.2. The van der Waals surface area contributed by atoms with Crippen LogP contribution in [-0.4, -0.2) is 25.4 Å². The molecule has 0 spiro atoms. The number of nitrogens with one attached hydrogen (secondary N) is 1. The number of rotatable bonds is 8. The molecule has 23 heavy (non-hydrogen) atoms. The Labute approximate surface area is 145 Å². The van der Waals surface area contributed by atoms with E-state index in [0.717, 1.165) is 15.6 Å². The first-order chi connectivity index (χ1) is 11.2. The van der Waals surface area contributed by atoms with Gasteiger partial charge in [-0.3, -0.25) is 0 Å². The zero-order chi connectivity index (χ0) is 16.7. The highest BCUT2D eigenvalue weighted by Crippen LogP contribution is 2.36. The summed E-state index contributed by atoms with van der Waals surface area (Å²) in [6, 6.07) is 13.6. The van der Waals surface area contributed by atoms with Gasteiger partial charge in [0.2, 0.25) is 0 Å². The quantitative estimate of drug-likeness (QED) is 0.734. The Morgan fingerprint density at radius 2 is 1.96 bits per heavy atom. The molecule has 0 aliphatic heterocycles. The summed E-state index contributed by atoms with van der Waals surface area (Å²) >= 11 is 3.50. The van der Waals surface area contributed by atoms with Crippen LogP contribution >= 0.6 is 15.9 Å². The minimum absolute atomic E-state index is 0.484. The van der Waals surface area contributed by atoms with Crippen molar-refractivity contribution in [3.63, 3.8) is 0 Å². The van der Waals surface area contributed by atoms with E-state index in [1.54, 1.807) is 7.11 Å². The first kappa shape index (κ1) is 17.8. The molecule has 5 heteroatoms. The minimum atomic E-state index is -0.524. The van der Waals surface area contributed by atoms with Gasteiger partial charge in [0, 0.05) is 13.1 Å². The molecule has 2 N–H and O–H groups in total. The SMILES string of the molecule is CCOc1cc(CNCC(O)c2ccccc2)cc(Br)c1OC. The van der Waals surface area contributed by atoms with Gasteiger partial charge in [-0.05, 0) is 46.1 Å². The number of aliphatic hydroxyl groups excluding tert-OH is 1. The lowest BCUT2D eigenvalue weighted by atomic mass is 10.1. The van der Waals surface area contributed by atoms with Crippen LogP contribution in [0.2, 0.25) is 0 Å². The molecule has 2 aromatic rings. The van der Waals surface area contributed by atoms with Crippen LogP contribution in [0.4, 0.5) is 0 Å². The fraction of sp³-hybridized carbons (Fsp3) is 0.333. The van der Waals surface area contributed by atoms with Crippen molar-refractivity contribution in [2.75, 3.05) is 20.3 Å². The molecular weight excluding hydrogens is 358 g/mol. The highest BCUT2D eigenvalue weighted by Gasteiger charge is 2.12. The van der Waals surface area contributed by atoms with Crippen LogP contribution in [-0.2, 0) is 6.54 Å². The van der Waals surface area contributed by atoms with Crippen molar-refractivity contribution in [3.05, 3.63) is 58.1 Å². The second-order valence-corrected chi connectivity index (χ2v) is 5.95. The molecule has 2 rings (SSSR count). The fourth-order valence-corrected chi connectivity index (χ4v) is 2.98. The van der Waals surface area contributed by atoms with Crippen LogP contribution < -0.4 is 14.8 Å². The fourth-order valence-electron chi connectivity index (χ4n) is 2.33. The molecule has 0 aromatic heterocycles. The van der Waals surface area contributed by atoms with Crippen molar-refractivity contribution < 1.29 is 14.6 Å². The average molecular weight is 380 g/mol. The molecule has 0 fully saturated rings. The summed E-state index contributed by atoms with van der Waals surface area (Å²) in [5.74, 6) is 1.41. The van der Waals surface area contributed by atoms with Crippen molar-refractivity contribution in [3.8, 4) is 11.5 Å². The normalized spacial score (nSPS) is 12.0. The zero-order valence-corrected chi connectivity index (χ0v) is 15.0. The first-order valence-corrected chi connectivity index (χ1v) is 8.38. The summed E-state index contributed by atoms with van der Waals surface area (Å²) in [4.78, 5) is 0. The molecule has 0 saturated carbocycles. The largest absolute Gasteiger partial charge is 0.492 e. The maximum Gasteiger partial charge on any atom is 0.174 e. The van der Waals surface area contributed by atoms with Crippen LogP contribution in [0.5, 0.6) is 11.5 Å². The average Bonchev–Trinajstić information content (AvgIpc) is 2.56. The smallest absolute Gasteiger partial charge is 0.174 e. The lowest BCUT2D eigenvalue weighted by Gasteiger charge is -2.15. The Balaban J connectivity index is 1.98. The van der Waals surface area contributed by atoms with Gasteiger partial charge < -0.3 is 19.9 Å². The summed E-state index contributed by atoms with van der Waals surface area (Å²) < 4.78 is 11.8. The molecule has 0 heterocycles. The van der Waals surface area contributed by atoms with Crippen LogP contribution in [0, 0.1) is 0 Å². The van der Waals surface area contributed by atoms with Gasteiger partial charge in [0.05, 0.1) is 24.3 Å². The molecular formula is C18H22BrNO3. The number of halogens is 1. The molecule has 4 nitrogen and oxygen atoms in total. The van der Waals surface area contributed by atoms with E-state index in [4.69, 9.17) is 9.47 Å². The van der Waals surface area contributed by atoms with Crippen molar-refractivity contribution in [1.82, 2.24) is 5.32 Å². The van der Waals surface area contributed by atoms with Gasteiger partial charge in [-0.15, -0.1) is 0 Å². The lowest BCUT2D eigenvalue weighted by molar-refractivity contribution is 0.174. The Morgan fingerprint density at radius 3 is 2.61 bits per heavy atom. The molecule has 1 atom stereocenters. The molecule has 0 aliphatic carbocycles. The Kier molecular flexibility index (Phi) is 6.89. The van der Waals surface area contributed by atoms with Crippen LogP contribution in [0.15, 0.2) is 46.9 Å². The summed E-state index contributed by atoms with van der Waals surface area (Å²) in [6.45, 7) is 3.63. The summed E-state index contributed by atoms with van der Waals surface area (Å²) in [5, 5.41) is 13.4. The monoisotopic (exact) mass is 379 g/mol. The van der Waals surface area contributed by atoms with Crippen LogP contribution in [0.25, 0.3) is 0 Å². The van der Waals surface area contributed by atoms with Crippen LogP contribution in [0.3, 0.4) is 0 Å². The molecule has 0 aliphatic rings. The molecule has 0 bridgehead atoms. The zero-order valence-electron chi connectivity index (χ0n) is 13.4. The van der Waals surface area contributed by atoms with E-state index < -0.39 is 6.10 Å². The van der Waals surface area contributed by atoms with E-state index in [0.29, 0.717) is 31.2 Å². The molecule has 0 radical (unpaired) electrons. The third kappa shape index (κ3) is 4.96. The molecule has 0 saturated heterocycles. The van der Waals surface area contributed by atoms with Crippen molar-refractivity contribution in [2.24, 2.45) is 0 Å². The van der Waals surface area contributed by atoms with E-state index in [-0.39, 0.29) is 0 Å². The minimum Gasteiger partial charge on any atom is -0.492 e. The summed E-state index contributed by atoms with van der Waals surface area (Å²) in [6.07, 6.45) is -0.524. The lowest BCUT2D eigenvalue weighted by Crippen LogP contribution is -2.21. The number of benzene rings is 2. The maximum absolute atomic E-state index is 10.2. The van der Waals surface area contributed by atoms with Gasteiger partial charge in [-0.25, -0.2) is 0 Å². The molecule has 1 unspecified atom stereocenters. The topological polar surface area (TPSA) is 50.7 Å². The van der Waals surface area contributed by atoms with Gasteiger partial charge in [0.1, 0.15) is 0 Å². The van der Waals surface area contributed by atoms with E-state index in [1.165, 1.54) is 0 Å². The van der Waals surface area contributed by atoms with Crippen molar-refractivity contribution in [2.45, 2.75) is 19.6 Å². The first-order valence-electron chi connectivity index (χ1n) is 7.58. The van der Waals surface area contributed by atoms with E-state index in [9.17, 15) is 5.11 Å². The number of ether oxygens (including phenoxy) is 2. The predicted molar refractivity (Wildman–Crippen MR) is 95.0 cm³/mol. The Morgan fingerprint density at radius 1 is 1.22 bits per heavy atom. The van der Waals surface area contributed by atoms with E-state index >= 15 is 0 Å². The van der Waals surface area contributed by atoms with Crippen LogP contribution in [0.1, 0.15) is 24.2 Å². The number of aliphatic hydroxyl groups is 1. The van der Waals surface area contributed by atoms with E-state index in [1.807, 2.05) is 49.4 Å². The van der Waals surface area contributed by atoms with Crippen molar-refractivity contribution >= 4 is 15.9 Å². The molecule has 124 valence electrons. The Bertz CT molecular complexity index is 619. The van der Waals surface area contributed by atoms with Gasteiger partial charge in [0.25, 0.3) is 0 Å². The van der Waals surface area contributed by atoms with Gasteiger partial charge in [0.15, 0.2) is 11.5 Å². The number of hydrogen-bond donors (Lipinski definition) is 2. The van der Waals surface area contributed by atoms with E-state index in [2.05, 4.69) is 21.2 Å². The van der Waals surface area contributed by atoms with Gasteiger partial charge >= 0.3 is 0 Å². The summed E-state index contributed by atoms with van der Waals surface area (Å²) in [7, 11) is 1.62. The highest BCUT2D eigenvalue weighted by atomic mass is 79.9. The van der Waals surface area contributed by atoms with Gasteiger partial charge in [-0.1, -0.05) is 30.3 Å². The summed E-state index contributed by atoms with van der Waals surface area (Å²) in [5.41, 5.74) is 1.97. The van der Waals surface area contributed by atoms with Gasteiger partial charge in [-0.2, -0.15) is 0 Å². The predicted octanol–water partition coefficient (Wildman–Crippen LogP) is 3.68. The van der Waals surface area contributed by atoms with Crippen molar-refractivity contribution in [1.29, 1.82) is 0 Å². The second kappa shape index (κ2) is 8.91.